The number of nitrogens with one attached hydrogen (secondary N) is 3. The van der Waals surface area contributed by atoms with Gasteiger partial charge in [0.05, 0.1) is 0 Å². The largest absolute Gasteiger partial charge is 0.405 e. The van der Waals surface area contributed by atoms with Gasteiger partial charge < -0.3 is 16.4 Å². The summed E-state index contributed by atoms with van der Waals surface area (Å²) < 4.78 is 54.7. The molecule has 0 bridgehead atoms. The highest BCUT2D eigenvalue weighted by Crippen LogP contribution is 2.33. The molecule has 3 rings (SSSR count). The normalized spacial score (nSPS) is 24.3. The first-order valence-corrected chi connectivity index (χ1v) is 9.29. The zero-order valence-electron chi connectivity index (χ0n) is 15.8. The molecular formula is C18H21F4N5O3. The Hall–Kier alpha value is -2.73. The summed E-state index contributed by atoms with van der Waals surface area (Å²) in [6.07, 6.45) is -4.37. The highest BCUT2D eigenvalue weighted by molar-refractivity contribution is 6.01. The van der Waals surface area contributed by atoms with E-state index in [2.05, 4.69) is 16.0 Å². The maximum Gasteiger partial charge on any atom is 0.405 e. The number of imide groups is 1. The third-order valence-electron chi connectivity index (χ3n) is 5.08. The molecule has 1 aromatic carbocycles. The van der Waals surface area contributed by atoms with E-state index in [9.17, 15) is 31.9 Å². The van der Waals surface area contributed by atoms with Gasteiger partial charge in [-0.3, -0.25) is 24.6 Å². The minimum absolute atomic E-state index is 0.0616. The zero-order valence-corrected chi connectivity index (χ0v) is 15.8. The summed E-state index contributed by atoms with van der Waals surface area (Å²) in [7, 11) is 0. The van der Waals surface area contributed by atoms with Gasteiger partial charge in [0.25, 0.3) is 0 Å². The van der Waals surface area contributed by atoms with E-state index in [-0.39, 0.29) is 37.2 Å². The van der Waals surface area contributed by atoms with E-state index in [1.165, 1.54) is 6.07 Å². The molecule has 3 amide bonds. The summed E-state index contributed by atoms with van der Waals surface area (Å²) in [6.45, 7) is -0.346. The van der Waals surface area contributed by atoms with E-state index < -0.39 is 54.4 Å². The Balaban J connectivity index is 1.91. The van der Waals surface area contributed by atoms with Crippen LogP contribution in [0, 0.1) is 5.82 Å². The zero-order chi connectivity index (χ0) is 22.1. The molecule has 3 atom stereocenters. The van der Waals surface area contributed by atoms with Crippen molar-refractivity contribution in [1.29, 1.82) is 0 Å². The van der Waals surface area contributed by atoms with Gasteiger partial charge in [-0.15, -0.1) is 0 Å². The topological polar surface area (TPSA) is 117 Å². The fourth-order valence-electron chi connectivity index (χ4n) is 3.74. The number of nitrogens with zero attached hydrogens (tertiary/aromatic N) is 1. The van der Waals surface area contributed by atoms with Crippen LogP contribution in [0.1, 0.15) is 24.4 Å². The molecule has 0 saturated carbocycles. The van der Waals surface area contributed by atoms with Crippen LogP contribution in [0.4, 0.5) is 23.2 Å². The fourth-order valence-corrected chi connectivity index (χ4v) is 3.74. The highest BCUT2D eigenvalue weighted by atomic mass is 19.4. The van der Waals surface area contributed by atoms with Gasteiger partial charge in [-0.25, -0.2) is 4.39 Å². The van der Waals surface area contributed by atoms with Crippen molar-refractivity contribution in [2.45, 2.75) is 37.1 Å². The lowest BCUT2D eigenvalue weighted by Crippen LogP contribution is -2.60. The number of benzene rings is 1. The van der Waals surface area contributed by atoms with Crippen molar-refractivity contribution in [3.05, 3.63) is 29.6 Å². The van der Waals surface area contributed by atoms with Gasteiger partial charge in [-0.1, -0.05) is 0 Å². The summed E-state index contributed by atoms with van der Waals surface area (Å²) in [5.74, 6) is -2.89. The number of carbonyl (C=O) groups excluding carboxylic acids is 3. The van der Waals surface area contributed by atoms with Crippen molar-refractivity contribution in [2.24, 2.45) is 5.73 Å². The summed E-state index contributed by atoms with van der Waals surface area (Å²) in [5.41, 5.74) is 5.44. The predicted octanol–water partition coefficient (Wildman–Crippen LogP) is 0.405. The molecule has 0 spiro atoms. The van der Waals surface area contributed by atoms with Crippen LogP contribution in [-0.4, -0.2) is 60.5 Å². The number of rotatable bonds is 5. The Bertz CT molecular complexity index is 848. The van der Waals surface area contributed by atoms with Gasteiger partial charge in [0.15, 0.2) is 0 Å². The average Bonchev–Trinajstić information content (AvgIpc) is 2.63. The molecule has 8 nitrogen and oxygen atoms in total. The Morgan fingerprint density at radius 2 is 2.00 bits per heavy atom. The number of hydrogen-bond donors (Lipinski definition) is 4. The summed E-state index contributed by atoms with van der Waals surface area (Å²) in [4.78, 5) is 36.2. The molecule has 2 unspecified atom stereocenters. The quantitative estimate of drug-likeness (QED) is 0.396. The third-order valence-corrected chi connectivity index (χ3v) is 5.08. The number of nitrogens with two attached hydrogens (primary N) is 1. The van der Waals surface area contributed by atoms with E-state index in [0.29, 0.717) is 0 Å². The van der Waals surface area contributed by atoms with E-state index in [1.807, 2.05) is 0 Å². The molecule has 2 heterocycles. The molecule has 0 radical (unpaired) electrons. The number of alkyl halides is 3. The minimum Gasteiger partial charge on any atom is -0.374 e. The number of piperazine rings is 1. The summed E-state index contributed by atoms with van der Waals surface area (Å²) in [5, 5.41) is 7.54. The van der Waals surface area contributed by atoms with E-state index in [1.54, 1.807) is 0 Å². The molecule has 164 valence electrons. The molecule has 2 aliphatic heterocycles. The number of hydrogen-bond acceptors (Lipinski definition) is 6. The van der Waals surface area contributed by atoms with Crippen molar-refractivity contribution >= 4 is 23.4 Å². The second-order valence-corrected chi connectivity index (χ2v) is 7.23. The van der Waals surface area contributed by atoms with Crippen LogP contribution in [-0.2, 0) is 14.4 Å². The molecule has 5 N–H and O–H groups in total. The van der Waals surface area contributed by atoms with Crippen LogP contribution in [0.2, 0.25) is 0 Å². The van der Waals surface area contributed by atoms with E-state index in [0.717, 1.165) is 17.0 Å². The lowest BCUT2D eigenvalue weighted by Gasteiger charge is -2.41. The number of halogens is 4. The van der Waals surface area contributed by atoms with Gasteiger partial charge in [-0.2, -0.15) is 13.2 Å². The summed E-state index contributed by atoms with van der Waals surface area (Å²) in [6, 6.07) is -1.04. The average molecular weight is 431 g/mol. The first-order chi connectivity index (χ1) is 14.1. The molecular weight excluding hydrogens is 410 g/mol. The van der Waals surface area contributed by atoms with Crippen LogP contribution in [0.25, 0.3) is 0 Å². The van der Waals surface area contributed by atoms with E-state index in [4.69, 9.17) is 5.73 Å². The van der Waals surface area contributed by atoms with Crippen LogP contribution in [0.15, 0.2) is 18.2 Å². The lowest BCUT2D eigenvalue weighted by atomic mass is 9.99. The SMILES string of the molecule is NC(=O)C(c1cc(F)cc(NC2CCC(=O)NC2=O)c1)N1CCNC[C@@H]1C(F)(F)F. The maximum absolute atomic E-state index is 14.3. The van der Waals surface area contributed by atoms with Gasteiger partial charge in [0.1, 0.15) is 23.9 Å². The monoisotopic (exact) mass is 431 g/mol. The second kappa shape index (κ2) is 8.56. The Kier molecular flexibility index (Phi) is 6.27. The molecule has 1 aromatic rings. The number of piperidine rings is 1. The van der Waals surface area contributed by atoms with Crippen molar-refractivity contribution < 1.29 is 31.9 Å². The number of carbonyl (C=O) groups is 3. The molecule has 12 heteroatoms. The number of primary amides is 1. The van der Waals surface area contributed by atoms with Gasteiger partial charge >= 0.3 is 6.18 Å². The number of amides is 3. The van der Waals surface area contributed by atoms with Gasteiger partial charge in [0, 0.05) is 31.7 Å². The maximum atomic E-state index is 14.3. The van der Waals surface area contributed by atoms with Crippen molar-refractivity contribution in [2.75, 3.05) is 25.0 Å². The Morgan fingerprint density at radius 1 is 1.27 bits per heavy atom. The molecule has 2 aliphatic rings. The van der Waals surface area contributed by atoms with Crippen LogP contribution < -0.4 is 21.7 Å². The van der Waals surface area contributed by atoms with Gasteiger partial charge in [0.2, 0.25) is 17.7 Å². The molecule has 0 aliphatic carbocycles. The predicted molar refractivity (Wildman–Crippen MR) is 97.5 cm³/mol. The third kappa shape index (κ3) is 4.87. The first-order valence-electron chi connectivity index (χ1n) is 9.29. The fraction of sp³-hybridized carbons (Fsp3) is 0.500. The molecule has 30 heavy (non-hydrogen) atoms. The first kappa shape index (κ1) is 22.0. The number of anilines is 1. The lowest BCUT2D eigenvalue weighted by molar-refractivity contribution is -0.194. The smallest absolute Gasteiger partial charge is 0.374 e. The highest BCUT2D eigenvalue weighted by Gasteiger charge is 2.48. The second-order valence-electron chi connectivity index (χ2n) is 7.23. The van der Waals surface area contributed by atoms with Crippen molar-refractivity contribution in [3.8, 4) is 0 Å². The Morgan fingerprint density at radius 3 is 2.63 bits per heavy atom. The van der Waals surface area contributed by atoms with Gasteiger partial charge in [-0.05, 0) is 30.2 Å². The molecule has 2 saturated heterocycles. The summed E-state index contributed by atoms with van der Waals surface area (Å²) >= 11 is 0. The van der Waals surface area contributed by atoms with Crippen LogP contribution in [0.3, 0.4) is 0 Å². The molecule has 0 aromatic heterocycles. The van der Waals surface area contributed by atoms with E-state index >= 15 is 0 Å². The van der Waals surface area contributed by atoms with Crippen LogP contribution in [0.5, 0.6) is 0 Å². The minimum atomic E-state index is -4.62. The van der Waals surface area contributed by atoms with Crippen molar-refractivity contribution in [3.63, 3.8) is 0 Å². The standard InChI is InChI=1S/C18H21F4N5O3/c19-10-5-9(6-11(7-10)25-12-1-2-14(28)26-17(12)30)15(16(23)29)27-4-3-24-8-13(27)18(20,21)22/h5-7,12-13,15,24-25H,1-4,8H2,(H2,23,29)(H,26,28,30)/t12?,13-,15?/m1/s1. The molecule has 2 fully saturated rings. The van der Waals surface area contributed by atoms with Crippen LogP contribution >= 0.6 is 0 Å². The Labute approximate surface area is 169 Å². The van der Waals surface area contributed by atoms with Crippen molar-refractivity contribution in [1.82, 2.24) is 15.5 Å².